The van der Waals surface area contributed by atoms with Crippen LogP contribution in [0.5, 0.6) is 0 Å². The molecule has 0 aromatic heterocycles. The standard InChI is InChI=1S/C8H13NS/c1-7(9-3)5-4-6-8(2)10/h4-6,9-10H,2H2,1,3H3/b6-4-,7-5+. The lowest BCUT2D eigenvalue weighted by molar-refractivity contribution is 0.990. The SMILES string of the molecule is C=C(S)/C=C\C=C(/C)NC. The summed E-state index contributed by atoms with van der Waals surface area (Å²) in [5, 5.41) is 2.99. The van der Waals surface area contributed by atoms with Crippen LogP contribution in [0.1, 0.15) is 6.92 Å². The van der Waals surface area contributed by atoms with E-state index in [9.17, 15) is 0 Å². The van der Waals surface area contributed by atoms with Crippen molar-refractivity contribution in [3.63, 3.8) is 0 Å². The molecule has 0 saturated carbocycles. The number of hydrogen-bond acceptors (Lipinski definition) is 2. The smallest absolute Gasteiger partial charge is 0.00724 e. The van der Waals surface area contributed by atoms with Gasteiger partial charge in [0.05, 0.1) is 0 Å². The highest BCUT2D eigenvalue weighted by molar-refractivity contribution is 7.84. The van der Waals surface area contributed by atoms with Crippen molar-refractivity contribution >= 4 is 12.6 Å². The van der Waals surface area contributed by atoms with E-state index in [0.29, 0.717) is 0 Å². The summed E-state index contributed by atoms with van der Waals surface area (Å²) in [5.74, 6) is 0. The Balaban J connectivity index is 3.82. The Morgan fingerprint density at radius 1 is 1.60 bits per heavy atom. The maximum Gasteiger partial charge on any atom is 0.00724 e. The van der Waals surface area contributed by atoms with Gasteiger partial charge in [0.15, 0.2) is 0 Å². The largest absolute Gasteiger partial charge is 0.392 e. The molecule has 2 heteroatoms. The summed E-state index contributed by atoms with van der Waals surface area (Å²) in [6.07, 6.45) is 5.70. The van der Waals surface area contributed by atoms with Crippen LogP contribution >= 0.6 is 12.6 Å². The highest BCUT2D eigenvalue weighted by atomic mass is 32.1. The molecule has 0 amide bonds. The first-order valence-corrected chi connectivity index (χ1v) is 3.52. The van der Waals surface area contributed by atoms with E-state index in [1.54, 1.807) is 0 Å². The van der Waals surface area contributed by atoms with Gasteiger partial charge in [-0.3, -0.25) is 0 Å². The molecule has 0 aliphatic carbocycles. The molecule has 56 valence electrons. The van der Waals surface area contributed by atoms with Crippen LogP contribution in [0.15, 0.2) is 35.4 Å². The first-order chi connectivity index (χ1) is 4.66. The van der Waals surface area contributed by atoms with Crippen molar-refractivity contribution < 1.29 is 0 Å². The van der Waals surface area contributed by atoms with Gasteiger partial charge in [0.1, 0.15) is 0 Å². The molecule has 1 N–H and O–H groups in total. The van der Waals surface area contributed by atoms with E-state index in [1.807, 2.05) is 32.2 Å². The van der Waals surface area contributed by atoms with Crippen LogP contribution in [0.3, 0.4) is 0 Å². The number of thiol groups is 1. The molecule has 0 fully saturated rings. The van der Waals surface area contributed by atoms with Gasteiger partial charge in [0, 0.05) is 12.7 Å². The van der Waals surface area contributed by atoms with Crippen LogP contribution in [-0.4, -0.2) is 7.05 Å². The van der Waals surface area contributed by atoms with Crippen molar-refractivity contribution in [2.75, 3.05) is 7.05 Å². The van der Waals surface area contributed by atoms with E-state index >= 15 is 0 Å². The van der Waals surface area contributed by atoms with Crippen molar-refractivity contribution in [3.8, 4) is 0 Å². The predicted molar refractivity (Wildman–Crippen MR) is 50.1 cm³/mol. The molecule has 0 aliphatic heterocycles. The first-order valence-electron chi connectivity index (χ1n) is 3.07. The van der Waals surface area contributed by atoms with Gasteiger partial charge >= 0.3 is 0 Å². The lowest BCUT2D eigenvalue weighted by Gasteiger charge is -1.93. The topological polar surface area (TPSA) is 12.0 Å². The third kappa shape index (κ3) is 5.51. The van der Waals surface area contributed by atoms with Crippen LogP contribution in [-0.2, 0) is 0 Å². The molecule has 0 aromatic carbocycles. The summed E-state index contributed by atoms with van der Waals surface area (Å²) in [6.45, 7) is 5.60. The van der Waals surface area contributed by atoms with Gasteiger partial charge in [-0.2, -0.15) is 0 Å². The highest BCUT2D eigenvalue weighted by Gasteiger charge is 1.76. The summed E-state index contributed by atoms with van der Waals surface area (Å²) >= 11 is 4.00. The van der Waals surface area contributed by atoms with E-state index in [4.69, 9.17) is 0 Å². The summed E-state index contributed by atoms with van der Waals surface area (Å²) in [5.41, 5.74) is 1.12. The fourth-order valence-corrected chi connectivity index (χ4v) is 0.473. The van der Waals surface area contributed by atoms with Crippen molar-refractivity contribution in [2.45, 2.75) is 6.92 Å². The van der Waals surface area contributed by atoms with Gasteiger partial charge in [-0.15, -0.1) is 12.6 Å². The Kier molecular flexibility index (Phi) is 4.85. The molecule has 0 saturated heterocycles. The van der Waals surface area contributed by atoms with Crippen LogP contribution < -0.4 is 5.32 Å². The van der Waals surface area contributed by atoms with E-state index in [-0.39, 0.29) is 0 Å². The average molecular weight is 155 g/mol. The second-order valence-electron chi connectivity index (χ2n) is 1.95. The van der Waals surface area contributed by atoms with Crippen LogP contribution in [0.4, 0.5) is 0 Å². The lowest BCUT2D eigenvalue weighted by Crippen LogP contribution is -2.00. The first kappa shape index (κ1) is 9.37. The van der Waals surface area contributed by atoms with Gasteiger partial charge in [0.2, 0.25) is 0 Å². The van der Waals surface area contributed by atoms with Crippen molar-refractivity contribution in [2.24, 2.45) is 0 Å². The van der Waals surface area contributed by atoms with Gasteiger partial charge in [-0.25, -0.2) is 0 Å². The van der Waals surface area contributed by atoms with Gasteiger partial charge in [0.25, 0.3) is 0 Å². The Bertz CT molecular complexity index is 168. The maximum atomic E-state index is 4.00. The molecule has 0 aromatic rings. The number of hydrogen-bond donors (Lipinski definition) is 2. The molecule has 0 unspecified atom stereocenters. The number of nitrogens with one attached hydrogen (secondary N) is 1. The molecule has 10 heavy (non-hydrogen) atoms. The van der Waals surface area contributed by atoms with E-state index in [2.05, 4.69) is 24.5 Å². The molecule has 0 radical (unpaired) electrons. The summed E-state index contributed by atoms with van der Waals surface area (Å²) < 4.78 is 0. The minimum atomic E-state index is 0.764. The molecule has 0 rings (SSSR count). The summed E-state index contributed by atoms with van der Waals surface area (Å²) in [4.78, 5) is 0.764. The van der Waals surface area contributed by atoms with Crippen molar-refractivity contribution in [1.29, 1.82) is 0 Å². The zero-order chi connectivity index (χ0) is 7.98. The Morgan fingerprint density at radius 2 is 2.20 bits per heavy atom. The molecular formula is C8H13NS. The van der Waals surface area contributed by atoms with Crippen LogP contribution in [0, 0.1) is 0 Å². The fraction of sp³-hybridized carbons (Fsp3) is 0.250. The second-order valence-corrected chi connectivity index (χ2v) is 2.52. The molecule has 0 bridgehead atoms. The average Bonchev–Trinajstić information content (AvgIpc) is 1.87. The molecule has 0 aliphatic rings. The molecule has 0 heterocycles. The summed E-state index contributed by atoms with van der Waals surface area (Å²) in [6, 6.07) is 0. The third-order valence-corrected chi connectivity index (χ3v) is 1.18. The summed E-state index contributed by atoms with van der Waals surface area (Å²) in [7, 11) is 1.88. The molecular weight excluding hydrogens is 142 g/mol. The molecule has 0 atom stereocenters. The second kappa shape index (κ2) is 5.18. The minimum absolute atomic E-state index is 0.764. The molecule has 0 spiro atoms. The Morgan fingerprint density at radius 3 is 2.60 bits per heavy atom. The lowest BCUT2D eigenvalue weighted by atomic mass is 10.4. The van der Waals surface area contributed by atoms with Gasteiger partial charge in [-0.1, -0.05) is 12.7 Å². The number of rotatable bonds is 3. The van der Waals surface area contributed by atoms with Gasteiger partial charge in [-0.05, 0) is 24.0 Å². The van der Waals surface area contributed by atoms with E-state index in [1.165, 1.54) is 0 Å². The maximum absolute atomic E-state index is 4.00. The quantitative estimate of drug-likeness (QED) is 0.470. The zero-order valence-electron chi connectivity index (χ0n) is 6.39. The predicted octanol–water partition coefficient (Wildman–Crippen LogP) is 2.11. The normalized spacial score (nSPS) is 12.1. The van der Waals surface area contributed by atoms with Crippen LogP contribution in [0.25, 0.3) is 0 Å². The van der Waals surface area contributed by atoms with Crippen molar-refractivity contribution in [3.05, 3.63) is 35.4 Å². The minimum Gasteiger partial charge on any atom is -0.392 e. The van der Waals surface area contributed by atoms with Crippen molar-refractivity contribution in [1.82, 2.24) is 5.32 Å². The Hall–Kier alpha value is -0.630. The van der Waals surface area contributed by atoms with E-state index in [0.717, 1.165) is 10.6 Å². The zero-order valence-corrected chi connectivity index (χ0v) is 7.28. The fourth-order valence-electron chi connectivity index (χ4n) is 0.387. The third-order valence-electron chi connectivity index (χ3n) is 1.03. The van der Waals surface area contributed by atoms with Gasteiger partial charge < -0.3 is 5.32 Å². The Labute approximate surface area is 67.9 Å². The highest BCUT2D eigenvalue weighted by Crippen LogP contribution is 1.97. The monoisotopic (exact) mass is 155 g/mol. The number of allylic oxidation sites excluding steroid dienone is 4. The van der Waals surface area contributed by atoms with E-state index < -0.39 is 0 Å². The molecule has 1 nitrogen and oxygen atoms in total. The van der Waals surface area contributed by atoms with Crippen LogP contribution in [0.2, 0.25) is 0 Å².